The van der Waals surface area contributed by atoms with Gasteiger partial charge >= 0.3 is 0 Å². The first-order valence-corrected chi connectivity index (χ1v) is 8.12. The lowest BCUT2D eigenvalue weighted by Crippen LogP contribution is -2.37. The molecule has 0 spiro atoms. The number of nitrogens with zero attached hydrogens (tertiary/aromatic N) is 3. The molecule has 0 radical (unpaired) electrons. The van der Waals surface area contributed by atoms with E-state index in [4.69, 9.17) is 0 Å². The number of hydrogen-bond acceptors (Lipinski definition) is 4. The molecule has 0 N–H and O–H groups in total. The summed E-state index contributed by atoms with van der Waals surface area (Å²) in [4.78, 5) is 37.0. The van der Waals surface area contributed by atoms with E-state index >= 15 is 0 Å². The number of nitro groups is 1. The van der Waals surface area contributed by atoms with Crippen LogP contribution in [0.3, 0.4) is 0 Å². The van der Waals surface area contributed by atoms with Crippen molar-refractivity contribution in [1.82, 2.24) is 9.47 Å². The second-order valence-corrected chi connectivity index (χ2v) is 6.05. The van der Waals surface area contributed by atoms with Crippen LogP contribution in [0.5, 0.6) is 0 Å². The van der Waals surface area contributed by atoms with E-state index in [-0.39, 0.29) is 23.7 Å². The number of non-ortho nitro benzene ring substituents is 1. The first kappa shape index (κ1) is 16.2. The van der Waals surface area contributed by atoms with E-state index in [2.05, 4.69) is 0 Å². The molecule has 0 aliphatic carbocycles. The van der Waals surface area contributed by atoms with Crippen molar-refractivity contribution in [2.75, 3.05) is 13.1 Å². The van der Waals surface area contributed by atoms with Crippen molar-refractivity contribution in [2.24, 2.45) is 0 Å². The minimum atomic E-state index is -0.475. The molecule has 1 aromatic carbocycles. The van der Waals surface area contributed by atoms with Crippen molar-refractivity contribution in [3.8, 4) is 0 Å². The largest absolute Gasteiger partial charge is 0.341 e. The molecule has 7 heteroatoms. The van der Waals surface area contributed by atoms with Crippen LogP contribution in [0.2, 0.25) is 0 Å². The Hall–Kier alpha value is -2.70. The van der Waals surface area contributed by atoms with Crippen LogP contribution in [0.25, 0.3) is 10.9 Å². The molecule has 0 atom stereocenters. The Balaban J connectivity index is 1.93. The van der Waals surface area contributed by atoms with Crippen molar-refractivity contribution in [1.29, 1.82) is 0 Å². The van der Waals surface area contributed by atoms with Gasteiger partial charge in [-0.3, -0.25) is 24.3 Å². The highest BCUT2D eigenvalue weighted by molar-refractivity contribution is 5.84. The maximum atomic E-state index is 12.5. The van der Waals surface area contributed by atoms with Crippen molar-refractivity contribution in [3.63, 3.8) is 0 Å². The minimum Gasteiger partial charge on any atom is -0.341 e. The zero-order valence-corrected chi connectivity index (χ0v) is 13.3. The molecule has 1 aliphatic heterocycles. The zero-order chi connectivity index (χ0) is 17.1. The Bertz CT molecular complexity index is 835. The molecule has 24 heavy (non-hydrogen) atoms. The fraction of sp³-hybridized carbons (Fsp3) is 0.412. The molecule has 2 heterocycles. The smallest absolute Gasteiger partial charge is 0.270 e. The van der Waals surface area contributed by atoms with E-state index in [1.165, 1.54) is 28.8 Å². The van der Waals surface area contributed by atoms with Gasteiger partial charge in [-0.05, 0) is 25.0 Å². The first-order chi connectivity index (χ1) is 11.6. The number of amides is 1. The van der Waals surface area contributed by atoms with Crippen molar-refractivity contribution < 1.29 is 9.72 Å². The van der Waals surface area contributed by atoms with E-state index < -0.39 is 4.92 Å². The van der Waals surface area contributed by atoms with Crippen molar-refractivity contribution in [3.05, 3.63) is 50.8 Å². The van der Waals surface area contributed by atoms with Gasteiger partial charge in [0.05, 0.1) is 10.4 Å². The molecule has 0 bridgehead atoms. The molecule has 126 valence electrons. The second-order valence-electron chi connectivity index (χ2n) is 6.05. The van der Waals surface area contributed by atoms with Gasteiger partial charge in [0.1, 0.15) is 6.54 Å². The van der Waals surface area contributed by atoms with Crippen LogP contribution < -0.4 is 5.56 Å². The van der Waals surface area contributed by atoms with E-state index in [9.17, 15) is 19.7 Å². The topological polar surface area (TPSA) is 85.4 Å². The fourth-order valence-electron chi connectivity index (χ4n) is 3.12. The molecule has 1 amide bonds. The summed E-state index contributed by atoms with van der Waals surface area (Å²) in [6, 6.07) is 7.21. The Morgan fingerprint density at radius 1 is 1.08 bits per heavy atom. The molecule has 3 rings (SSSR count). The molecule has 1 aromatic heterocycles. The van der Waals surface area contributed by atoms with Crippen molar-refractivity contribution in [2.45, 2.75) is 32.2 Å². The summed E-state index contributed by atoms with van der Waals surface area (Å²) in [5.74, 6) is -0.0788. The highest BCUT2D eigenvalue weighted by Crippen LogP contribution is 2.20. The van der Waals surface area contributed by atoms with Gasteiger partial charge in [-0.25, -0.2) is 0 Å². The fourth-order valence-corrected chi connectivity index (χ4v) is 3.12. The highest BCUT2D eigenvalue weighted by Gasteiger charge is 2.18. The number of carbonyl (C=O) groups is 1. The molecular formula is C17H19N3O4. The summed E-state index contributed by atoms with van der Waals surface area (Å²) in [6.07, 6.45) is 4.23. The number of pyridine rings is 1. The number of benzene rings is 1. The van der Waals surface area contributed by atoms with Gasteiger partial charge in [-0.15, -0.1) is 0 Å². The predicted molar refractivity (Wildman–Crippen MR) is 89.9 cm³/mol. The summed E-state index contributed by atoms with van der Waals surface area (Å²) in [7, 11) is 0. The maximum Gasteiger partial charge on any atom is 0.270 e. The lowest BCUT2D eigenvalue weighted by atomic mass is 10.2. The summed E-state index contributed by atoms with van der Waals surface area (Å²) < 4.78 is 1.40. The third kappa shape index (κ3) is 3.29. The predicted octanol–water partition coefficient (Wildman–Crippen LogP) is 2.31. The van der Waals surface area contributed by atoms with Gasteiger partial charge in [-0.2, -0.15) is 0 Å². The molecule has 2 aromatic rings. The average molecular weight is 329 g/mol. The maximum absolute atomic E-state index is 12.5. The Kier molecular flexibility index (Phi) is 4.59. The normalized spacial score (nSPS) is 15.2. The Morgan fingerprint density at radius 2 is 1.79 bits per heavy atom. The van der Waals surface area contributed by atoms with Gasteiger partial charge in [0, 0.05) is 36.7 Å². The van der Waals surface area contributed by atoms with Crippen LogP contribution in [0, 0.1) is 10.1 Å². The van der Waals surface area contributed by atoms with Crippen LogP contribution in [0.1, 0.15) is 25.7 Å². The van der Waals surface area contributed by atoms with E-state index in [0.717, 1.165) is 38.8 Å². The molecule has 1 fully saturated rings. The van der Waals surface area contributed by atoms with Crippen LogP contribution >= 0.6 is 0 Å². The number of carbonyl (C=O) groups excluding carboxylic acids is 1. The number of hydrogen-bond donors (Lipinski definition) is 0. The number of likely N-dealkylation sites (tertiary alicyclic amines) is 1. The molecule has 0 unspecified atom stereocenters. The average Bonchev–Trinajstić information content (AvgIpc) is 2.86. The number of aromatic nitrogens is 1. The summed E-state index contributed by atoms with van der Waals surface area (Å²) >= 11 is 0. The second kappa shape index (κ2) is 6.82. The monoisotopic (exact) mass is 329 g/mol. The quantitative estimate of drug-likeness (QED) is 0.639. The molecular weight excluding hydrogens is 310 g/mol. The molecule has 1 aliphatic rings. The van der Waals surface area contributed by atoms with Crippen LogP contribution in [-0.4, -0.2) is 33.4 Å². The lowest BCUT2D eigenvalue weighted by Gasteiger charge is -2.21. The van der Waals surface area contributed by atoms with Crippen LogP contribution in [0.4, 0.5) is 5.69 Å². The first-order valence-electron chi connectivity index (χ1n) is 8.12. The van der Waals surface area contributed by atoms with Gasteiger partial charge in [0.25, 0.3) is 11.2 Å². The summed E-state index contributed by atoms with van der Waals surface area (Å²) in [6.45, 7) is 1.42. The van der Waals surface area contributed by atoms with Crippen LogP contribution in [-0.2, 0) is 11.3 Å². The standard InChI is InChI=1S/C17H19N3O4/c21-16-8-5-13-11-14(20(23)24)6-7-15(13)19(16)12-17(22)18-9-3-1-2-4-10-18/h5-8,11H,1-4,9-10,12H2. The number of nitro benzene ring substituents is 1. The Labute approximate surface area is 138 Å². The Morgan fingerprint density at radius 3 is 2.46 bits per heavy atom. The summed E-state index contributed by atoms with van der Waals surface area (Å²) in [5.41, 5.74) is 0.224. The molecule has 7 nitrogen and oxygen atoms in total. The van der Waals surface area contributed by atoms with Crippen molar-refractivity contribution >= 4 is 22.5 Å². The minimum absolute atomic E-state index is 0.0337. The van der Waals surface area contributed by atoms with Gasteiger partial charge < -0.3 is 4.90 Å². The molecule has 0 saturated carbocycles. The van der Waals surface area contributed by atoms with E-state index in [1.54, 1.807) is 6.07 Å². The number of fused-ring (bicyclic) bond motifs is 1. The van der Waals surface area contributed by atoms with E-state index in [1.807, 2.05) is 4.90 Å². The lowest BCUT2D eigenvalue weighted by molar-refractivity contribution is -0.384. The summed E-state index contributed by atoms with van der Waals surface area (Å²) in [5, 5.41) is 11.5. The van der Waals surface area contributed by atoms with Gasteiger partial charge in [0.15, 0.2) is 0 Å². The number of rotatable bonds is 3. The SMILES string of the molecule is O=C(Cn1c(=O)ccc2cc([N+](=O)[O-])ccc21)N1CCCCCC1. The third-order valence-electron chi connectivity index (χ3n) is 4.44. The molecule has 1 saturated heterocycles. The zero-order valence-electron chi connectivity index (χ0n) is 13.3. The highest BCUT2D eigenvalue weighted by atomic mass is 16.6. The van der Waals surface area contributed by atoms with Crippen LogP contribution in [0.15, 0.2) is 35.1 Å². The van der Waals surface area contributed by atoms with Gasteiger partial charge in [-0.1, -0.05) is 12.8 Å². The van der Waals surface area contributed by atoms with Gasteiger partial charge in [0.2, 0.25) is 5.91 Å². The third-order valence-corrected chi connectivity index (χ3v) is 4.44. The van der Waals surface area contributed by atoms with E-state index in [0.29, 0.717) is 10.9 Å².